The number of hydrogen-bond donors (Lipinski definition) is 1. The molecule has 2 aromatic rings. The van der Waals surface area contributed by atoms with Gasteiger partial charge in [0.25, 0.3) is 0 Å². The number of aromatic nitrogens is 1. The van der Waals surface area contributed by atoms with Crippen molar-refractivity contribution in [2.45, 2.75) is 19.4 Å². The van der Waals surface area contributed by atoms with Gasteiger partial charge in [-0.2, -0.15) is 0 Å². The summed E-state index contributed by atoms with van der Waals surface area (Å²) in [5, 5.41) is 3.49. The molecule has 0 atom stereocenters. The van der Waals surface area contributed by atoms with E-state index in [-0.39, 0.29) is 23.7 Å². The minimum Gasteiger partial charge on any atom is -0.408 e. The number of oxazole rings is 1. The van der Waals surface area contributed by atoms with Crippen LogP contribution in [0, 0.1) is 0 Å². The van der Waals surface area contributed by atoms with Gasteiger partial charge >= 0.3 is 5.76 Å². The van der Waals surface area contributed by atoms with Gasteiger partial charge in [-0.15, -0.1) is 12.4 Å². The number of piperazine rings is 1. The topological polar surface area (TPSA) is 50.4 Å². The van der Waals surface area contributed by atoms with Gasteiger partial charge in [-0.3, -0.25) is 4.57 Å². The van der Waals surface area contributed by atoms with Crippen LogP contribution in [0.25, 0.3) is 11.1 Å². The number of anilines is 1. The molecule has 0 aliphatic carbocycles. The summed E-state index contributed by atoms with van der Waals surface area (Å²) in [6.45, 7) is 7.26. The second kappa shape index (κ2) is 5.14. The van der Waals surface area contributed by atoms with Crippen molar-refractivity contribution in [2.75, 3.05) is 24.5 Å². The third kappa shape index (κ3) is 2.55. The van der Waals surface area contributed by atoms with Crippen molar-refractivity contribution in [2.24, 2.45) is 7.05 Å². The third-order valence-corrected chi connectivity index (χ3v) is 3.71. The van der Waals surface area contributed by atoms with Crippen LogP contribution in [0.15, 0.2) is 27.4 Å². The van der Waals surface area contributed by atoms with Crippen molar-refractivity contribution in [3.63, 3.8) is 0 Å². The molecule has 0 unspecified atom stereocenters. The van der Waals surface area contributed by atoms with Crippen molar-refractivity contribution in [3.8, 4) is 0 Å². The van der Waals surface area contributed by atoms with Gasteiger partial charge in [-0.05, 0) is 26.0 Å². The van der Waals surface area contributed by atoms with Crippen LogP contribution < -0.4 is 16.0 Å². The minimum absolute atomic E-state index is 0. The molecule has 2 heterocycles. The molecule has 5 nitrogen and oxygen atoms in total. The normalized spacial score (nSPS) is 18.1. The number of benzene rings is 1. The van der Waals surface area contributed by atoms with Crippen molar-refractivity contribution in [1.29, 1.82) is 0 Å². The molecular weight excluding hydrogens is 278 g/mol. The van der Waals surface area contributed by atoms with Crippen LogP contribution >= 0.6 is 12.4 Å². The molecule has 1 aromatic heterocycles. The van der Waals surface area contributed by atoms with Crippen LogP contribution in [-0.4, -0.2) is 29.7 Å². The Labute approximate surface area is 124 Å². The summed E-state index contributed by atoms with van der Waals surface area (Å²) in [5.74, 6) is -0.312. The lowest BCUT2D eigenvalue weighted by atomic mass is 10.0. The third-order valence-electron chi connectivity index (χ3n) is 3.71. The molecule has 6 heteroatoms. The lowest BCUT2D eigenvalue weighted by Gasteiger charge is -2.40. The molecule has 20 heavy (non-hydrogen) atoms. The smallest absolute Gasteiger partial charge is 0.408 e. The Morgan fingerprint density at radius 2 is 2.10 bits per heavy atom. The van der Waals surface area contributed by atoms with Gasteiger partial charge < -0.3 is 14.6 Å². The van der Waals surface area contributed by atoms with Gasteiger partial charge in [-0.1, -0.05) is 0 Å². The van der Waals surface area contributed by atoms with Gasteiger partial charge in [0, 0.05) is 44.0 Å². The molecule has 1 aliphatic rings. The van der Waals surface area contributed by atoms with Crippen molar-refractivity contribution in [1.82, 2.24) is 9.88 Å². The second-order valence-electron chi connectivity index (χ2n) is 5.81. The molecule has 1 aliphatic heterocycles. The molecule has 1 N–H and O–H groups in total. The van der Waals surface area contributed by atoms with E-state index in [0.29, 0.717) is 5.58 Å². The fourth-order valence-corrected chi connectivity index (χ4v) is 2.68. The highest BCUT2D eigenvalue weighted by Crippen LogP contribution is 2.24. The minimum atomic E-state index is -0.312. The zero-order chi connectivity index (χ0) is 13.6. The van der Waals surface area contributed by atoms with Crippen LogP contribution in [0.5, 0.6) is 0 Å². The molecule has 0 bridgehead atoms. The Bertz CT molecular complexity index is 675. The summed E-state index contributed by atoms with van der Waals surface area (Å²) in [6, 6.07) is 5.96. The Morgan fingerprint density at radius 1 is 1.35 bits per heavy atom. The maximum absolute atomic E-state index is 11.5. The first-order valence-corrected chi connectivity index (χ1v) is 6.56. The summed E-state index contributed by atoms with van der Waals surface area (Å²) in [4.78, 5) is 13.8. The number of nitrogens with one attached hydrogen (secondary N) is 1. The van der Waals surface area contributed by atoms with Crippen molar-refractivity contribution < 1.29 is 4.42 Å². The standard InChI is InChI=1S/C14H19N3O2.ClH/c1-14(2)9-17(7-6-15-14)10-4-5-11-12(8-10)19-13(18)16(11)3;/h4-5,8,15H,6-7,9H2,1-3H3;1H. The van der Waals surface area contributed by atoms with Crippen LogP contribution in [-0.2, 0) is 7.05 Å². The van der Waals surface area contributed by atoms with E-state index in [0.717, 1.165) is 30.8 Å². The SMILES string of the molecule is Cl.Cn1c(=O)oc2cc(N3CCNC(C)(C)C3)ccc21. The van der Waals surface area contributed by atoms with E-state index in [9.17, 15) is 4.79 Å². The van der Waals surface area contributed by atoms with E-state index in [1.807, 2.05) is 12.1 Å². The largest absolute Gasteiger partial charge is 0.419 e. The Kier molecular flexibility index (Phi) is 3.84. The summed E-state index contributed by atoms with van der Waals surface area (Å²) in [6.07, 6.45) is 0. The molecule has 1 fully saturated rings. The Hall–Kier alpha value is -1.46. The van der Waals surface area contributed by atoms with Crippen molar-refractivity contribution >= 4 is 29.2 Å². The van der Waals surface area contributed by atoms with E-state index >= 15 is 0 Å². The molecule has 0 spiro atoms. The van der Waals surface area contributed by atoms with Gasteiger partial charge in [0.15, 0.2) is 5.58 Å². The molecule has 1 aromatic carbocycles. The van der Waals surface area contributed by atoms with E-state index in [1.54, 1.807) is 7.05 Å². The lowest BCUT2D eigenvalue weighted by molar-refractivity contribution is 0.353. The Balaban J connectivity index is 0.00000147. The predicted octanol–water partition coefficient (Wildman–Crippen LogP) is 1.74. The van der Waals surface area contributed by atoms with Crippen LogP contribution in [0.2, 0.25) is 0 Å². The summed E-state index contributed by atoms with van der Waals surface area (Å²) >= 11 is 0. The first kappa shape index (κ1) is 14.9. The maximum Gasteiger partial charge on any atom is 0.419 e. The predicted molar refractivity (Wildman–Crippen MR) is 83.0 cm³/mol. The molecule has 3 rings (SSSR count). The second-order valence-corrected chi connectivity index (χ2v) is 5.81. The number of halogens is 1. The van der Waals surface area contributed by atoms with E-state index < -0.39 is 0 Å². The zero-order valence-electron chi connectivity index (χ0n) is 12.0. The highest BCUT2D eigenvalue weighted by Gasteiger charge is 2.26. The van der Waals surface area contributed by atoms with E-state index in [2.05, 4.69) is 30.1 Å². The molecular formula is C14H20ClN3O2. The maximum atomic E-state index is 11.5. The number of nitrogens with zero attached hydrogens (tertiary/aromatic N) is 2. The van der Waals surface area contributed by atoms with Gasteiger partial charge in [0.05, 0.1) is 5.52 Å². The zero-order valence-corrected chi connectivity index (χ0v) is 12.8. The molecule has 0 saturated carbocycles. The highest BCUT2D eigenvalue weighted by atomic mass is 35.5. The van der Waals surface area contributed by atoms with Crippen LogP contribution in [0.4, 0.5) is 5.69 Å². The lowest BCUT2D eigenvalue weighted by Crippen LogP contribution is -2.57. The van der Waals surface area contributed by atoms with E-state index in [4.69, 9.17) is 4.42 Å². The monoisotopic (exact) mass is 297 g/mol. The average Bonchev–Trinajstić information content (AvgIpc) is 2.63. The molecule has 0 amide bonds. The van der Waals surface area contributed by atoms with Crippen molar-refractivity contribution in [3.05, 3.63) is 28.7 Å². The number of hydrogen-bond acceptors (Lipinski definition) is 4. The van der Waals surface area contributed by atoms with Gasteiger partial charge in [0.2, 0.25) is 0 Å². The average molecular weight is 298 g/mol. The first-order chi connectivity index (χ1) is 8.96. The first-order valence-electron chi connectivity index (χ1n) is 6.56. The van der Waals surface area contributed by atoms with Gasteiger partial charge in [0.1, 0.15) is 0 Å². The number of aryl methyl sites for hydroxylation is 1. The van der Waals surface area contributed by atoms with E-state index in [1.165, 1.54) is 4.57 Å². The Morgan fingerprint density at radius 3 is 2.80 bits per heavy atom. The fraction of sp³-hybridized carbons (Fsp3) is 0.500. The summed E-state index contributed by atoms with van der Waals surface area (Å²) < 4.78 is 6.78. The highest BCUT2D eigenvalue weighted by molar-refractivity contribution is 5.85. The van der Waals surface area contributed by atoms with Crippen LogP contribution in [0.1, 0.15) is 13.8 Å². The number of rotatable bonds is 1. The molecule has 0 radical (unpaired) electrons. The quantitative estimate of drug-likeness (QED) is 0.871. The summed E-state index contributed by atoms with van der Waals surface area (Å²) in [5.41, 5.74) is 2.70. The van der Waals surface area contributed by atoms with Crippen LogP contribution in [0.3, 0.4) is 0 Å². The number of fused-ring (bicyclic) bond motifs is 1. The molecule has 1 saturated heterocycles. The summed E-state index contributed by atoms with van der Waals surface area (Å²) in [7, 11) is 1.72. The van der Waals surface area contributed by atoms with Gasteiger partial charge in [-0.25, -0.2) is 4.79 Å². The fourth-order valence-electron chi connectivity index (χ4n) is 2.68. The molecule has 110 valence electrons.